The van der Waals surface area contributed by atoms with E-state index in [4.69, 9.17) is 6.42 Å². The number of hydrogen-bond acceptors (Lipinski definition) is 2. The number of hydrogen-bond donors (Lipinski definition) is 2. The normalized spacial score (nSPS) is 13.8. The van der Waals surface area contributed by atoms with E-state index in [9.17, 15) is 8.42 Å². The van der Waals surface area contributed by atoms with Gasteiger partial charge in [0.1, 0.15) is 0 Å². The van der Waals surface area contributed by atoms with Crippen LogP contribution in [0.25, 0.3) is 0 Å². The van der Waals surface area contributed by atoms with Gasteiger partial charge < -0.3 is 0 Å². The van der Waals surface area contributed by atoms with E-state index in [1.54, 1.807) is 6.92 Å². The maximum atomic E-state index is 11.0. The molecule has 0 saturated carbocycles. The molecule has 1 atom stereocenters. The van der Waals surface area contributed by atoms with Gasteiger partial charge in [-0.15, -0.1) is 6.42 Å². The van der Waals surface area contributed by atoms with Gasteiger partial charge >= 0.3 is 0 Å². The highest BCUT2D eigenvalue weighted by Crippen LogP contribution is 1.83. The van der Waals surface area contributed by atoms with E-state index in [0.29, 0.717) is 6.54 Å². The van der Waals surface area contributed by atoms with Crippen molar-refractivity contribution >= 4 is 10.2 Å². The van der Waals surface area contributed by atoms with Gasteiger partial charge in [-0.05, 0) is 13.3 Å². The Balaban J connectivity index is 3.99. The summed E-state index contributed by atoms with van der Waals surface area (Å²) < 4.78 is 26.7. The van der Waals surface area contributed by atoms with Gasteiger partial charge in [0.15, 0.2) is 0 Å². The highest BCUT2D eigenvalue weighted by atomic mass is 32.2. The SMILES string of the molecule is C#CC(C)NS(=O)(=O)NCCC. The highest BCUT2D eigenvalue weighted by molar-refractivity contribution is 7.87. The molecule has 0 aromatic carbocycles. The van der Waals surface area contributed by atoms with Gasteiger partial charge in [-0.3, -0.25) is 0 Å². The van der Waals surface area contributed by atoms with Crippen LogP contribution in [0.15, 0.2) is 0 Å². The van der Waals surface area contributed by atoms with E-state index in [1.807, 2.05) is 6.92 Å². The fourth-order valence-electron chi connectivity index (χ4n) is 0.545. The smallest absolute Gasteiger partial charge is 0.202 e. The first kappa shape index (κ1) is 11.4. The molecule has 0 saturated heterocycles. The molecule has 0 aromatic heterocycles. The fourth-order valence-corrected chi connectivity index (χ4v) is 1.63. The topological polar surface area (TPSA) is 58.2 Å². The molecule has 5 heteroatoms. The molecule has 70 valence electrons. The number of terminal acetylenes is 1. The summed E-state index contributed by atoms with van der Waals surface area (Å²) in [5.74, 6) is 2.27. The molecule has 0 aliphatic rings. The van der Waals surface area contributed by atoms with Gasteiger partial charge in [0.05, 0.1) is 6.04 Å². The third kappa shape index (κ3) is 5.13. The summed E-state index contributed by atoms with van der Waals surface area (Å²) in [5, 5.41) is 0. The van der Waals surface area contributed by atoms with Crippen molar-refractivity contribution in [1.29, 1.82) is 0 Å². The summed E-state index contributed by atoms with van der Waals surface area (Å²) in [4.78, 5) is 0. The van der Waals surface area contributed by atoms with Gasteiger partial charge in [-0.2, -0.15) is 13.1 Å². The van der Waals surface area contributed by atoms with E-state index in [-0.39, 0.29) is 0 Å². The second kappa shape index (κ2) is 5.14. The van der Waals surface area contributed by atoms with Crippen molar-refractivity contribution in [1.82, 2.24) is 9.44 Å². The Labute approximate surface area is 73.9 Å². The van der Waals surface area contributed by atoms with Crippen molar-refractivity contribution in [3.63, 3.8) is 0 Å². The predicted molar refractivity (Wildman–Crippen MR) is 48.6 cm³/mol. The zero-order valence-corrected chi connectivity index (χ0v) is 8.11. The second-order valence-electron chi connectivity index (χ2n) is 2.40. The first-order valence-corrected chi connectivity index (χ1v) is 5.23. The lowest BCUT2D eigenvalue weighted by Crippen LogP contribution is -2.41. The van der Waals surface area contributed by atoms with Crippen LogP contribution in [0, 0.1) is 12.3 Å². The van der Waals surface area contributed by atoms with Crippen molar-refractivity contribution in [2.24, 2.45) is 0 Å². The summed E-state index contributed by atoms with van der Waals surface area (Å²) in [6.07, 6.45) is 5.76. The van der Waals surface area contributed by atoms with Crippen LogP contribution in [0.5, 0.6) is 0 Å². The third-order valence-corrected chi connectivity index (χ3v) is 2.37. The lowest BCUT2D eigenvalue weighted by Gasteiger charge is -2.08. The van der Waals surface area contributed by atoms with Crippen LogP contribution in [0.1, 0.15) is 20.3 Å². The predicted octanol–water partition coefficient (Wildman–Crippen LogP) is -0.158. The first-order valence-electron chi connectivity index (χ1n) is 3.75. The Morgan fingerprint density at radius 3 is 2.58 bits per heavy atom. The Bertz CT molecular complexity index is 253. The third-order valence-electron chi connectivity index (χ3n) is 1.12. The maximum absolute atomic E-state index is 11.0. The molecule has 0 heterocycles. The largest absolute Gasteiger partial charge is 0.277 e. The zero-order chi connectivity index (χ0) is 9.61. The lowest BCUT2D eigenvalue weighted by atomic mass is 10.4. The van der Waals surface area contributed by atoms with Crippen LogP contribution in [-0.2, 0) is 10.2 Å². The van der Waals surface area contributed by atoms with Crippen molar-refractivity contribution in [2.75, 3.05) is 6.54 Å². The molecular weight excluding hydrogens is 176 g/mol. The van der Waals surface area contributed by atoms with Crippen molar-refractivity contribution in [3.05, 3.63) is 0 Å². The lowest BCUT2D eigenvalue weighted by molar-refractivity contribution is 0.562. The van der Waals surface area contributed by atoms with Crippen molar-refractivity contribution in [2.45, 2.75) is 26.3 Å². The molecule has 0 bridgehead atoms. The van der Waals surface area contributed by atoms with E-state index < -0.39 is 16.3 Å². The van der Waals surface area contributed by atoms with Crippen molar-refractivity contribution < 1.29 is 8.42 Å². The Hall–Kier alpha value is -0.570. The number of nitrogens with one attached hydrogen (secondary N) is 2. The first-order chi connectivity index (χ1) is 5.52. The van der Waals surface area contributed by atoms with Gasteiger partial charge in [0.2, 0.25) is 0 Å². The van der Waals surface area contributed by atoms with E-state index in [2.05, 4.69) is 15.4 Å². The summed E-state index contributed by atoms with van der Waals surface area (Å²) >= 11 is 0. The second-order valence-corrected chi connectivity index (χ2v) is 3.94. The van der Waals surface area contributed by atoms with E-state index in [0.717, 1.165) is 6.42 Å². The molecule has 2 N–H and O–H groups in total. The van der Waals surface area contributed by atoms with Gasteiger partial charge in [-0.1, -0.05) is 12.8 Å². The summed E-state index contributed by atoms with van der Waals surface area (Å²) in [5.41, 5.74) is 0. The maximum Gasteiger partial charge on any atom is 0.277 e. The van der Waals surface area contributed by atoms with E-state index in [1.165, 1.54) is 0 Å². The van der Waals surface area contributed by atoms with Gasteiger partial charge in [0, 0.05) is 6.54 Å². The molecule has 0 radical (unpaired) electrons. The summed E-state index contributed by atoms with van der Waals surface area (Å²) in [6.45, 7) is 3.91. The molecule has 0 amide bonds. The zero-order valence-electron chi connectivity index (χ0n) is 7.29. The summed E-state index contributed by atoms with van der Waals surface area (Å²) in [7, 11) is -3.40. The molecule has 0 aliphatic carbocycles. The summed E-state index contributed by atoms with van der Waals surface area (Å²) in [6, 6.07) is -0.473. The monoisotopic (exact) mass is 190 g/mol. The molecular formula is C7H14N2O2S. The van der Waals surface area contributed by atoms with Crippen molar-refractivity contribution in [3.8, 4) is 12.3 Å². The van der Waals surface area contributed by atoms with Crippen LogP contribution in [0.3, 0.4) is 0 Å². The van der Waals surface area contributed by atoms with Crippen LogP contribution in [0.4, 0.5) is 0 Å². The Morgan fingerprint density at radius 2 is 2.17 bits per heavy atom. The van der Waals surface area contributed by atoms with Gasteiger partial charge in [-0.25, -0.2) is 4.72 Å². The quantitative estimate of drug-likeness (QED) is 0.592. The molecule has 0 aliphatic heterocycles. The van der Waals surface area contributed by atoms with E-state index >= 15 is 0 Å². The molecule has 0 aromatic rings. The van der Waals surface area contributed by atoms with Crippen LogP contribution < -0.4 is 9.44 Å². The molecule has 0 rings (SSSR count). The minimum absolute atomic E-state index is 0.423. The Kier molecular flexibility index (Phi) is 4.90. The average Bonchev–Trinajstić information content (AvgIpc) is 2.00. The standard InChI is InChI=1S/C7H14N2O2S/c1-4-6-8-12(10,11)9-7(3)5-2/h2,7-9H,4,6H2,1,3H3. The molecule has 4 nitrogen and oxygen atoms in total. The van der Waals surface area contributed by atoms with Gasteiger partial charge in [0.25, 0.3) is 10.2 Å². The molecule has 12 heavy (non-hydrogen) atoms. The highest BCUT2D eigenvalue weighted by Gasteiger charge is 2.10. The van der Waals surface area contributed by atoms with Crippen LogP contribution in [0.2, 0.25) is 0 Å². The van der Waals surface area contributed by atoms with Crippen LogP contribution >= 0.6 is 0 Å². The minimum Gasteiger partial charge on any atom is -0.202 e. The minimum atomic E-state index is -3.40. The van der Waals surface area contributed by atoms with Crippen LogP contribution in [-0.4, -0.2) is 21.0 Å². The molecule has 1 unspecified atom stereocenters. The average molecular weight is 190 g/mol. The number of rotatable bonds is 5. The molecule has 0 fully saturated rings. The molecule has 0 spiro atoms. The fraction of sp³-hybridized carbons (Fsp3) is 0.714. The Morgan fingerprint density at radius 1 is 1.58 bits per heavy atom.